The Balaban J connectivity index is 1.87. The van der Waals surface area contributed by atoms with Crippen LogP contribution in [-0.4, -0.2) is 140 Å². The van der Waals surface area contributed by atoms with Crippen LogP contribution in [-0.2, 0) is 23.7 Å². The van der Waals surface area contributed by atoms with E-state index in [1.165, 1.54) is 83.5 Å². The summed E-state index contributed by atoms with van der Waals surface area (Å²) in [5.41, 5.74) is 0. The molecule has 0 aromatic carbocycles. The van der Waals surface area contributed by atoms with E-state index in [4.69, 9.17) is 18.9 Å². The summed E-state index contributed by atoms with van der Waals surface area (Å²) in [7, 11) is 0. The molecule has 0 aromatic heterocycles. The molecule has 14 heteroatoms. The van der Waals surface area contributed by atoms with Crippen molar-refractivity contribution in [3.63, 3.8) is 0 Å². The topological polar surface area (TPSA) is 228 Å². The normalized spacial score (nSPS) is 27.3. The number of aliphatic hydroxyl groups excluding tert-OH is 8. The molecule has 0 radical (unpaired) electrons. The van der Waals surface area contributed by atoms with Crippen molar-refractivity contribution < 1.29 is 64.6 Å². The number of carbonyl (C=O) groups is 1. The number of carbonyl (C=O) groups excluding carboxylic acids is 1. The van der Waals surface area contributed by atoms with Crippen molar-refractivity contribution >= 4 is 5.91 Å². The van der Waals surface area contributed by atoms with E-state index in [0.29, 0.717) is 12.8 Å². The molecule has 12 unspecified atom stereocenters. The molecule has 1 amide bonds. The van der Waals surface area contributed by atoms with Gasteiger partial charge in [-0.05, 0) is 38.5 Å². The smallest absolute Gasteiger partial charge is 0.224 e. The van der Waals surface area contributed by atoms with Crippen LogP contribution in [0.15, 0.2) is 60.8 Å². The molecule has 382 valence electrons. The highest BCUT2D eigenvalue weighted by Gasteiger charge is 2.51. The van der Waals surface area contributed by atoms with Gasteiger partial charge in [0.05, 0.1) is 32.0 Å². The minimum atomic E-state index is -1.79. The summed E-state index contributed by atoms with van der Waals surface area (Å²) >= 11 is 0. The first-order valence-electron chi connectivity index (χ1n) is 25.5. The second kappa shape index (κ2) is 38.5. The van der Waals surface area contributed by atoms with E-state index in [0.717, 1.165) is 51.4 Å². The van der Waals surface area contributed by atoms with Crippen LogP contribution in [0.4, 0.5) is 0 Å². The highest BCUT2D eigenvalue weighted by Crippen LogP contribution is 2.30. The van der Waals surface area contributed by atoms with Gasteiger partial charge in [-0.3, -0.25) is 4.79 Å². The molecule has 0 aromatic rings. The fourth-order valence-corrected chi connectivity index (χ4v) is 8.13. The Morgan fingerprint density at radius 1 is 0.545 bits per heavy atom. The largest absolute Gasteiger partial charge is 0.394 e. The number of amides is 1. The Hall–Kier alpha value is -2.31. The van der Waals surface area contributed by atoms with E-state index < -0.39 is 86.8 Å². The lowest BCUT2D eigenvalue weighted by Gasteiger charge is -2.46. The van der Waals surface area contributed by atoms with Crippen LogP contribution in [0.1, 0.15) is 168 Å². The quantitative estimate of drug-likeness (QED) is 0.0234. The molecule has 2 aliphatic rings. The molecular weight excluding hydrogens is 847 g/mol. The van der Waals surface area contributed by atoms with Crippen molar-refractivity contribution in [1.82, 2.24) is 5.32 Å². The maximum absolute atomic E-state index is 13.1. The maximum atomic E-state index is 13.1. The van der Waals surface area contributed by atoms with Gasteiger partial charge in [-0.15, -0.1) is 0 Å². The molecule has 2 aliphatic heterocycles. The zero-order valence-corrected chi connectivity index (χ0v) is 40.4. The van der Waals surface area contributed by atoms with Gasteiger partial charge in [-0.25, -0.2) is 0 Å². The lowest BCUT2D eigenvalue weighted by Crippen LogP contribution is -2.65. The molecule has 66 heavy (non-hydrogen) atoms. The van der Waals surface area contributed by atoms with Crippen LogP contribution in [0.5, 0.6) is 0 Å². The van der Waals surface area contributed by atoms with Crippen molar-refractivity contribution in [2.45, 2.75) is 242 Å². The zero-order chi connectivity index (χ0) is 48.2. The number of hydrogen-bond acceptors (Lipinski definition) is 13. The van der Waals surface area contributed by atoms with Crippen molar-refractivity contribution in [1.29, 1.82) is 0 Å². The van der Waals surface area contributed by atoms with Gasteiger partial charge in [-0.2, -0.15) is 0 Å². The summed E-state index contributed by atoms with van der Waals surface area (Å²) in [4.78, 5) is 13.1. The first-order valence-corrected chi connectivity index (χ1v) is 25.5. The van der Waals surface area contributed by atoms with Gasteiger partial charge < -0.3 is 65.1 Å². The number of allylic oxidation sites excluding steroid dienone is 9. The lowest BCUT2D eigenvalue weighted by atomic mass is 9.97. The van der Waals surface area contributed by atoms with E-state index in [-0.39, 0.29) is 18.9 Å². The molecule has 2 rings (SSSR count). The standard InChI is InChI=1S/C52H91NO13/c1-3-5-7-9-11-13-15-17-19-20-22-23-25-27-29-31-33-35-41(56)40(53-44(57)36-34-32-30-28-26-24-21-18-16-14-12-10-8-6-4-2)39-63-51-49(62)47(60)50(43(38-55)65-51)66-52-48(61)46(59)45(58)42(37-54)64-52/h6,8,12,14,18,21,26,28,32,34,40-43,45-52,54-56,58-62H,3-5,7,9-11,13,15-17,19-20,22-25,27,29-31,33,35-39H2,1-2H3,(H,53,57)/b8-6-,14-12-,21-18-,28-26-,34-32-. The highest BCUT2D eigenvalue weighted by atomic mass is 16.7. The predicted molar refractivity (Wildman–Crippen MR) is 258 cm³/mol. The van der Waals surface area contributed by atoms with E-state index in [9.17, 15) is 45.6 Å². The van der Waals surface area contributed by atoms with Crippen molar-refractivity contribution in [2.75, 3.05) is 19.8 Å². The minimum absolute atomic E-state index is 0.0701. The first kappa shape index (κ1) is 59.8. The molecule has 0 aliphatic carbocycles. The molecule has 9 N–H and O–H groups in total. The zero-order valence-electron chi connectivity index (χ0n) is 40.4. The number of unbranched alkanes of at least 4 members (excludes halogenated alkanes) is 16. The number of nitrogens with one attached hydrogen (secondary N) is 1. The van der Waals surface area contributed by atoms with E-state index >= 15 is 0 Å². The predicted octanol–water partition coefficient (Wildman–Crippen LogP) is 6.66. The highest BCUT2D eigenvalue weighted by molar-refractivity contribution is 5.77. The van der Waals surface area contributed by atoms with Gasteiger partial charge in [0.2, 0.25) is 5.91 Å². The van der Waals surface area contributed by atoms with Gasteiger partial charge in [-0.1, -0.05) is 184 Å². The monoisotopic (exact) mass is 938 g/mol. The van der Waals surface area contributed by atoms with Gasteiger partial charge in [0.1, 0.15) is 48.8 Å². The number of hydrogen-bond donors (Lipinski definition) is 9. The molecule has 0 saturated carbocycles. The Morgan fingerprint density at radius 2 is 0.985 bits per heavy atom. The van der Waals surface area contributed by atoms with Crippen LogP contribution >= 0.6 is 0 Å². The molecule has 2 fully saturated rings. The fourth-order valence-electron chi connectivity index (χ4n) is 8.13. The summed E-state index contributed by atoms with van der Waals surface area (Å²) < 4.78 is 22.7. The summed E-state index contributed by atoms with van der Waals surface area (Å²) in [5.74, 6) is -0.335. The van der Waals surface area contributed by atoms with Crippen LogP contribution in [0.3, 0.4) is 0 Å². The summed E-state index contributed by atoms with van der Waals surface area (Å²) in [6.45, 7) is 2.66. The number of aliphatic hydroxyl groups is 8. The van der Waals surface area contributed by atoms with Crippen molar-refractivity contribution in [3.8, 4) is 0 Å². The molecule has 2 heterocycles. The summed E-state index contributed by atoms with van der Waals surface area (Å²) in [5, 5.41) is 86.8. The Labute approximate surface area is 396 Å². The molecular formula is C52H91NO13. The molecule has 14 nitrogen and oxygen atoms in total. The van der Waals surface area contributed by atoms with E-state index in [2.05, 4.69) is 61.7 Å². The van der Waals surface area contributed by atoms with Crippen molar-refractivity contribution in [2.24, 2.45) is 0 Å². The minimum Gasteiger partial charge on any atom is -0.394 e. The first-order chi connectivity index (χ1) is 32.1. The molecule has 12 atom stereocenters. The molecule has 0 bridgehead atoms. The third kappa shape index (κ3) is 25.3. The third-order valence-electron chi connectivity index (χ3n) is 12.3. The molecule has 0 spiro atoms. The summed E-state index contributed by atoms with van der Waals surface area (Å²) in [6, 6.07) is -0.884. The van der Waals surface area contributed by atoms with E-state index in [1.807, 2.05) is 12.2 Å². The second-order valence-corrected chi connectivity index (χ2v) is 17.9. The number of ether oxygens (including phenoxy) is 4. The fraction of sp³-hybridized carbons (Fsp3) is 0.788. The maximum Gasteiger partial charge on any atom is 0.224 e. The van der Waals surface area contributed by atoms with E-state index in [1.54, 1.807) is 6.08 Å². The Kier molecular flexibility index (Phi) is 34.9. The average molecular weight is 938 g/mol. The Morgan fingerprint density at radius 3 is 1.47 bits per heavy atom. The molecule has 2 saturated heterocycles. The van der Waals surface area contributed by atoms with Crippen LogP contribution in [0, 0.1) is 0 Å². The van der Waals surface area contributed by atoms with Gasteiger partial charge in [0.25, 0.3) is 0 Å². The van der Waals surface area contributed by atoms with Crippen LogP contribution in [0.25, 0.3) is 0 Å². The SMILES string of the molecule is CC/C=C\C/C=C\C/C=C\C/C=C\C/C=C\CC(=O)NC(COC1OC(CO)C(OC2OC(CO)C(O)C(O)C2O)C(O)C1O)C(O)CCCCCCCCCCCCCCCCCCC. The van der Waals surface area contributed by atoms with Crippen LogP contribution < -0.4 is 5.32 Å². The van der Waals surface area contributed by atoms with Gasteiger partial charge >= 0.3 is 0 Å². The van der Waals surface area contributed by atoms with Gasteiger partial charge in [0.15, 0.2) is 12.6 Å². The van der Waals surface area contributed by atoms with Gasteiger partial charge in [0, 0.05) is 6.42 Å². The third-order valence-corrected chi connectivity index (χ3v) is 12.3. The second-order valence-electron chi connectivity index (χ2n) is 17.9. The summed E-state index contributed by atoms with van der Waals surface area (Å²) in [6.07, 6.45) is 29.6. The number of rotatable bonds is 38. The lowest BCUT2D eigenvalue weighted by molar-refractivity contribution is -0.359. The Bertz CT molecular complexity index is 1340. The average Bonchev–Trinajstić information content (AvgIpc) is 3.31. The van der Waals surface area contributed by atoms with Crippen LogP contribution in [0.2, 0.25) is 0 Å². The van der Waals surface area contributed by atoms with Crippen molar-refractivity contribution in [3.05, 3.63) is 60.8 Å².